The summed E-state index contributed by atoms with van der Waals surface area (Å²) in [5.74, 6) is 1.13. The number of aryl methyl sites for hydroxylation is 2. The molecule has 0 unspecified atom stereocenters. The number of hydrogen-bond acceptors (Lipinski definition) is 6. The van der Waals surface area contributed by atoms with Gasteiger partial charge >= 0.3 is 0 Å². The molecule has 0 bridgehead atoms. The second kappa shape index (κ2) is 5.05. The molecule has 6 heteroatoms. The Kier molecular flexibility index (Phi) is 3.23. The number of nitrogen functional groups attached to an aromatic ring is 1. The van der Waals surface area contributed by atoms with Crippen molar-refractivity contribution in [3.63, 3.8) is 0 Å². The third kappa shape index (κ3) is 2.55. The molecule has 3 aromatic rings. The van der Waals surface area contributed by atoms with Crippen LogP contribution in [-0.2, 0) is 6.42 Å². The van der Waals surface area contributed by atoms with Gasteiger partial charge in [0.1, 0.15) is 0 Å². The van der Waals surface area contributed by atoms with Crippen LogP contribution in [0.15, 0.2) is 28.1 Å². The number of hydrogen-bond donors (Lipinski definition) is 1. The fraction of sp³-hybridized carbons (Fsp3) is 0.214. The maximum atomic E-state index is 5.80. The predicted octanol–water partition coefficient (Wildman–Crippen LogP) is 2.98. The van der Waals surface area contributed by atoms with Crippen LogP contribution in [0.25, 0.3) is 11.5 Å². The molecule has 0 saturated carbocycles. The zero-order chi connectivity index (χ0) is 14.1. The van der Waals surface area contributed by atoms with E-state index >= 15 is 0 Å². The number of thiazole rings is 1. The lowest BCUT2D eigenvalue weighted by Gasteiger charge is -2.01. The fourth-order valence-electron chi connectivity index (χ4n) is 1.96. The van der Waals surface area contributed by atoms with Gasteiger partial charge in [0.2, 0.25) is 0 Å². The van der Waals surface area contributed by atoms with Crippen LogP contribution in [0.4, 0.5) is 5.69 Å². The average molecular weight is 286 g/mol. The first-order chi connectivity index (χ1) is 9.61. The highest BCUT2D eigenvalue weighted by molar-refractivity contribution is 7.09. The van der Waals surface area contributed by atoms with Crippen molar-refractivity contribution in [3.8, 4) is 11.5 Å². The van der Waals surface area contributed by atoms with Crippen molar-refractivity contribution in [2.45, 2.75) is 20.3 Å². The molecule has 3 rings (SSSR count). The quantitative estimate of drug-likeness (QED) is 0.749. The molecule has 2 aromatic heterocycles. The van der Waals surface area contributed by atoms with E-state index in [1.165, 1.54) is 0 Å². The second-order valence-electron chi connectivity index (χ2n) is 4.62. The van der Waals surface area contributed by atoms with Crippen molar-refractivity contribution in [3.05, 3.63) is 45.7 Å². The van der Waals surface area contributed by atoms with Crippen LogP contribution < -0.4 is 5.73 Å². The first-order valence-electron chi connectivity index (χ1n) is 6.22. The highest BCUT2D eigenvalue weighted by atomic mass is 32.1. The fourth-order valence-corrected chi connectivity index (χ4v) is 2.57. The Hall–Kier alpha value is -2.21. The zero-order valence-electron chi connectivity index (χ0n) is 11.3. The minimum atomic E-state index is 0.497. The summed E-state index contributed by atoms with van der Waals surface area (Å²) in [6.45, 7) is 3.97. The van der Waals surface area contributed by atoms with Crippen LogP contribution in [-0.4, -0.2) is 15.1 Å². The van der Waals surface area contributed by atoms with Crippen LogP contribution in [0.3, 0.4) is 0 Å². The van der Waals surface area contributed by atoms with E-state index in [-0.39, 0.29) is 0 Å². The number of rotatable bonds is 3. The van der Waals surface area contributed by atoms with Gasteiger partial charge in [0.15, 0.2) is 5.82 Å². The van der Waals surface area contributed by atoms with Crippen molar-refractivity contribution < 1.29 is 4.52 Å². The lowest BCUT2D eigenvalue weighted by molar-refractivity contribution is 0.423. The maximum absolute atomic E-state index is 5.80. The summed E-state index contributed by atoms with van der Waals surface area (Å²) < 4.78 is 5.32. The molecule has 2 heterocycles. The molecule has 0 fully saturated rings. The largest absolute Gasteiger partial charge is 0.399 e. The van der Waals surface area contributed by atoms with Gasteiger partial charge in [-0.2, -0.15) is 4.98 Å². The molecule has 0 atom stereocenters. The van der Waals surface area contributed by atoms with Gasteiger partial charge in [-0.15, -0.1) is 11.3 Å². The van der Waals surface area contributed by atoms with Gasteiger partial charge in [0.25, 0.3) is 5.89 Å². The molecule has 20 heavy (non-hydrogen) atoms. The second-order valence-corrected chi connectivity index (χ2v) is 5.69. The molecule has 0 amide bonds. The highest BCUT2D eigenvalue weighted by Crippen LogP contribution is 2.24. The van der Waals surface area contributed by atoms with E-state index in [0.717, 1.165) is 21.8 Å². The van der Waals surface area contributed by atoms with E-state index in [1.54, 1.807) is 11.3 Å². The number of nitrogens with two attached hydrogens (primary N) is 1. The third-order valence-corrected chi connectivity index (χ3v) is 3.79. The summed E-state index contributed by atoms with van der Waals surface area (Å²) in [5.41, 5.74) is 9.37. The van der Waals surface area contributed by atoms with Gasteiger partial charge in [-0.05, 0) is 31.5 Å². The van der Waals surface area contributed by atoms with Crippen molar-refractivity contribution in [1.29, 1.82) is 0 Å². The standard InChI is InChI=1S/C14H14N4OS/c1-8-3-4-10(15)5-12(8)14-17-13(18-19-14)6-11-7-20-9(2)16-11/h3-5,7H,6,15H2,1-2H3. The van der Waals surface area contributed by atoms with E-state index in [1.807, 2.05) is 37.4 Å². The molecule has 0 radical (unpaired) electrons. The topological polar surface area (TPSA) is 77.8 Å². The molecule has 0 aliphatic heterocycles. The summed E-state index contributed by atoms with van der Waals surface area (Å²) >= 11 is 1.62. The summed E-state index contributed by atoms with van der Waals surface area (Å²) in [6.07, 6.45) is 0.579. The Morgan fingerprint density at radius 3 is 2.85 bits per heavy atom. The lowest BCUT2D eigenvalue weighted by Crippen LogP contribution is -1.92. The predicted molar refractivity (Wildman–Crippen MR) is 78.5 cm³/mol. The van der Waals surface area contributed by atoms with Crippen molar-refractivity contribution in [1.82, 2.24) is 15.1 Å². The third-order valence-electron chi connectivity index (χ3n) is 2.97. The number of nitrogens with zero attached hydrogens (tertiary/aromatic N) is 3. The van der Waals surface area contributed by atoms with Crippen LogP contribution in [0, 0.1) is 13.8 Å². The van der Waals surface area contributed by atoms with Gasteiger partial charge in [-0.3, -0.25) is 0 Å². The van der Waals surface area contributed by atoms with Crippen molar-refractivity contribution in [2.75, 3.05) is 5.73 Å². The molecule has 0 aliphatic rings. The van der Waals surface area contributed by atoms with Gasteiger partial charge in [-0.25, -0.2) is 4.98 Å². The zero-order valence-corrected chi connectivity index (χ0v) is 12.1. The summed E-state index contributed by atoms with van der Waals surface area (Å²) in [6, 6.07) is 5.64. The normalized spacial score (nSPS) is 10.9. The Morgan fingerprint density at radius 1 is 1.25 bits per heavy atom. The SMILES string of the molecule is Cc1nc(Cc2noc(-c3cc(N)ccc3C)n2)cs1. The monoisotopic (exact) mass is 286 g/mol. The maximum Gasteiger partial charge on any atom is 0.258 e. The van der Waals surface area contributed by atoms with Crippen LogP contribution in [0.2, 0.25) is 0 Å². The smallest absolute Gasteiger partial charge is 0.258 e. The van der Waals surface area contributed by atoms with Gasteiger partial charge in [0.05, 0.1) is 17.1 Å². The average Bonchev–Trinajstić information content (AvgIpc) is 3.02. The van der Waals surface area contributed by atoms with Gasteiger partial charge < -0.3 is 10.3 Å². The molecule has 0 aliphatic carbocycles. The molecule has 1 aromatic carbocycles. The number of anilines is 1. The van der Waals surface area contributed by atoms with E-state index in [2.05, 4.69) is 15.1 Å². The van der Waals surface area contributed by atoms with Crippen LogP contribution in [0.5, 0.6) is 0 Å². The van der Waals surface area contributed by atoms with Crippen LogP contribution in [0.1, 0.15) is 22.1 Å². The lowest BCUT2D eigenvalue weighted by atomic mass is 10.1. The summed E-state index contributed by atoms with van der Waals surface area (Å²) in [4.78, 5) is 8.81. The van der Waals surface area contributed by atoms with E-state index in [4.69, 9.17) is 10.3 Å². The summed E-state index contributed by atoms with van der Waals surface area (Å²) in [5, 5.41) is 7.05. The van der Waals surface area contributed by atoms with Crippen LogP contribution >= 0.6 is 11.3 Å². The van der Waals surface area contributed by atoms with Gasteiger partial charge in [-0.1, -0.05) is 11.2 Å². The van der Waals surface area contributed by atoms with E-state index in [9.17, 15) is 0 Å². The Morgan fingerprint density at radius 2 is 2.10 bits per heavy atom. The van der Waals surface area contributed by atoms with Crippen molar-refractivity contribution in [2.24, 2.45) is 0 Å². The molecule has 0 saturated heterocycles. The number of aromatic nitrogens is 3. The molecule has 2 N–H and O–H groups in total. The first kappa shape index (κ1) is 12.8. The Bertz CT molecular complexity index is 747. The summed E-state index contributed by atoms with van der Waals surface area (Å²) in [7, 11) is 0. The Balaban J connectivity index is 1.88. The minimum Gasteiger partial charge on any atom is -0.399 e. The highest BCUT2D eigenvalue weighted by Gasteiger charge is 2.12. The molecular weight excluding hydrogens is 272 g/mol. The van der Waals surface area contributed by atoms with E-state index < -0.39 is 0 Å². The molecule has 0 spiro atoms. The molecule has 5 nitrogen and oxygen atoms in total. The van der Waals surface area contributed by atoms with Crippen molar-refractivity contribution >= 4 is 17.0 Å². The molecule has 102 valence electrons. The Labute approximate surface area is 120 Å². The number of benzene rings is 1. The van der Waals surface area contributed by atoms with E-state index in [0.29, 0.717) is 23.8 Å². The minimum absolute atomic E-state index is 0.497. The van der Waals surface area contributed by atoms with Gasteiger partial charge in [0, 0.05) is 16.6 Å². The molecular formula is C14H14N4OS. The first-order valence-corrected chi connectivity index (χ1v) is 7.10.